The van der Waals surface area contributed by atoms with Crippen molar-refractivity contribution in [1.29, 1.82) is 0 Å². The zero-order chi connectivity index (χ0) is 19.6. The Morgan fingerprint density at radius 2 is 2.04 bits per heavy atom. The highest BCUT2D eigenvalue weighted by Crippen LogP contribution is 2.34. The molecule has 0 unspecified atom stereocenters. The minimum absolute atomic E-state index is 0.0251. The number of carbonyl (C=O) groups is 2. The van der Waals surface area contributed by atoms with Crippen LogP contribution in [0.15, 0.2) is 18.2 Å². The quantitative estimate of drug-likeness (QED) is 0.505. The molecule has 2 aliphatic rings. The second kappa shape index (κ2) is 8.04. The van der Waals surface area contributed by atoms with E-state index in [1.807, 2.05) is 11.8 Å². The summed E-state index contributed by atoms with van der Waals surface area (Å²) in [6, 6.07) is 4.71. The average molecular weight is 375 g/mol. The van der Waals surface area contributed by atoms with Crippen LogP contribution in [0.1, 0.15) is 48.5 Å². The lowest BCUT2D eigenvalue weighted by molar-refractivity contribution is -0.385. The fourth-order valence-electron chi connectivity index (χ4n) is 3.60. The summed E-state index contributed by atoms with van der Waals surface area (Å²) in [5, 5.41) is 23.2. The van der Waals surface area contributed by atoms with Crippen molar-refractivity contribution < 1.29 is 19.6 Å². The molecule has 0 spiro atoms. The van der Waals surface area contributed by atoms with E-state index in [4.69, 9.17) is 5.11 Å². The molecular formula is C19H25N3O5. The topological polar surface area (TPSA) is 113 Å². The summed E-state index contributed by atoms with van der Waals surface area (Å²) in [4.78, 5) is 36.2. The SMILES string of the molecule is CCc1ccc(C(=O)NC2CC(N(CC(=O)O)CC3CC3)C2)cc1[N+](=O)[O-]. The number of nitrogens with zero attached hydrogens (tertiary/aromatic N) is 2. The molecule has 1 aromatic rings. The molecule has 0 aromatic heterocycles. The van der Waals surface area contributed by atoms with Crippen molar-refractivity contribution in [1.82, 2.24) is 10.2 Å². The number of amides is 1. The first-order valence-corrected chi connectivity index (χ1v) is 9.41. The van der Waals surface area contributed by atoms with Crippen LogP contribution in [-0.2, 0) is 11.2 Å². The maximum atomic E-state index is 12.4. The van der Waals surface area contributed by atoms with E-state index in [0.29, 0.717) is 30.7 Å². The molecule has 2 aliphatic carbocycles. The van der Waals surface area contributed by atoms with E-state index in [1.165, 1.54) is 6.07 Å². The summed E-state index contributed by atoms with van der Waals surface area (Å²) < 4.78 is 0. The monoisotopic (exact) mass is 375 g/mol. The molecule has 146 valence electrons. The van der Waals surface area contributed by atoms with Gasteiger partial charge in [-0.2, -0.15) is 0 Å². The van der Waals surface area contributed by atoms with Gasteiger partial charge in [-0.1, -0.05) is 13.0 Å². The van der Waals surface area contributed by atoms with Crippen molar-refractivity contribution in [2.24, 2.45) is 5.92 Å². The molecule has 2 fully saturated rings. The van der Waals surface area contributed by atoms with Crippen LogP contribution in [0.2, 0.25) is 0 Å². The van der Waals surface area contributed by atoms with Crippen LogP contribution in [0.4, 0.5) is 5.69 Å². The lowest BCUT2D eigenvalue weighted by atomic mass is 9.85. The van der Waals surface area contributed by atoms with Crippen LogP contribution in [0.25, 0.3) is 0 Å². The molecule has 1 amide bonds. The number of nitrogens with one attached hydrogen (secondary N) is 1. The van der Waals surface area contributed by atoms with Gasteiger partial charge in [0.1, 0.15) is 0 Å². The number of benzene rings is 1. The summed E-state index contributed by atoms with van der Waals surface area (Å²) in [5.74, 6) is -0.543. The number of carboxylic acids is 1. The molecule has 3 rings (SSSR count). The second-order valence-electron chi connectivity index (χ2n) is 7.52. The molecule has 0 bridgehead atoms. The molecule has 0 radical (unpaired) electrons. The summed E-state index contributed by atoms with van der Waals surface area (Å²) in [5.41, 5.74) is 0.848. The highest BCUT2D eigenvalue weighted by atomic mass is 16.6. The Labute approximate surface area is 157 Å². The molecular weight excluding hydrogens is 350 g/mol. The van der Waals surface area contributed by atoms with Crippen molar-refractivity contribution in [3.8, 4) is 0 Å². The number of carbonyl (C=O) groups excluding carboxylic acids is 1. The van der Waals surface area contributed by atoms with Gasteiger partial charge in [-0.3, -0.25) is 24.6 Å². The fourth-order valence-corrected chi connectivity index (χ4v) is 3.60. The van der Waals surface area contributed by atoms with Gasteiger partial charge in [-0.25, -0.2) is 0 Å². The summed E-state index contributed by atoms with van der Waals surface area (Å²) in [6.45, 7) is 2.68. The highest BCUT2D eigenvalue weighted by molar-refractivity contribution is 5.95. The number of aliphatic carboxylic acids is 1. The standard InChI is InChI=1S/C19H25N3O5/c1-2-13-5-6-14(7-17(13)22(26)27)19(25)20-15-8-16(9-15)21(11-18(23)24)10-12-3-4-12/h5-7,12,15-16H,2-4,8-11H2,1H3,(H,20,25)(H,23,24). The molecule has 1 aromatic carbocycles. The lowest BCUT2D eigenvalue weighted by Crippen LogP contribution is -2.55. The van der Waals surface area contributed by atoms with Gasteiger partial charge in [-0.05, 0) is 44.1 Å². The highest BCUT2D eigenvalue weighted by Gasteiger charge is 2.37. The van der Waals surface area contributed by atoms with Crippen LogP contribution < -0.4 is 5.32 Å². The first kappa shape index (κ1) is 19.3. The number of aryl methyl sites for hydroxylation is 1. The predicted molar refractivity (Wildman–Crippen MR) is 98.7 cm³/mol. The van der Waals surface area contributed by atoms with E-state index in [1.54, 1.807) is 12.1 Å². The molecule has 0 saturated heterocycles. The first-order valence-electron chi connectivity index (χ1n) is 9.41. The van der Waals surface area contributed by atoms with Gasteiger partial charge in [0.2, 0.25) is 0 Å². The van der Waals surface area contributed by atoms with E-state index in [9.17, 15) is 19.7 Å². The number of carboxylic acid groups (broad SMARTS) is 1. The number of nitro benzene ring substituents is 1. The van der Waals surface area contributed by atoms with Gasteiger partial charge in [0.25, 0.3) is 11.6 Å². The zero-order valence-corrected chi connectivity index (χ0v) is 15.4. The van der Waals surface area contributed by atoms with Gasteiger partial charge in [0.15, 0.2) is 0 Å². The smallest absolute Gasteiger partial charge is 0.317 e. The van der Waals surface area contributed by atoms with Crippen molar-refractivity contribution in [2.45, 2.75) is 51.1 Å². The second-order valence-corrected chi connectivity index (χ2v) is 7.52. The van der Waals surface area contributed by atoms with Gasteiger partial charge < -0.3 is 10.4 Å². The Hall–Kier alpha value is -2.48. The zero-order valence-electron chi connectivity index (χ0n) is 15.4. The lowest BCUT2D eigenvalue weighted by Gasteiger charge is -2.42. The molecule has 27 heavy (non-hydrogen) atoms. The first-order chi connectivity index (χ1) is 12.9. The van der Waals surface area contributed by atoms with E-state index < -0.39 is 10.9 Å². The predicted octanol–water partition coefficient (Wildman–Crippen LogP) is 2.21. The van der Waals surface area contributed by atoms with Crippen LogP contribution in [0.3, 0.4) is 0 Å². The third-order valence-corrected chi connectivity index (χ3v) is 5.42. The molecule has 2 saturated carbocycles. The third kappa shape index (κ3) is 4.82. The number of hydrogen-bond donors (Lipinski definition) is 2. The van der Waals surface area contributed by atoms with Crippen molar-refractivity contribution in [3.05, 3.63) is 39.4 Å². The summed E-state index contributed by atoms with van der Waals surface area (Å²) >= 11 is 0. The van der Waals surface area contributed by atoms with Gasteiger partial charge >= 0.3 is 5.97 Å². The van der Waals surface area contributed by atoms with Gasteiger partial charge in [-0.15, -0.1) is 0 Å². The molecule has 0 heterocycles. The fraction of sp³-hybridized carbons (Fsp3) is 0.579. The Morgan fingerprint density at radius 1 is 1.33 bits per heavy atom. The van der Waals surface area contributed by atoms with Crippen LogP contribution in [-0.4, -0.2) is 52.0 Å². The maximum Gasteiger partial charge on any atom is 0.317 e. The third-order valence-electron chi connectivity index (χ3n) is 5.42. The minimum Gasteiger partial charge on any atom is -0.480 e. The van der Waals surface area contributed by atoms with Gasteiger partial charge in [0.05, 0.1) is 11.5 Å². The largest absolute Gasteiger partial charge is 0.480 e. The van der Waals surface area contributed by atoms with E-state index >= 15 is 0 Å². The van der Waals surface area contributed by atoms with E-state index in [0.717, 1.165) is 19.4 Å². The average Bonchev–Trinajstić information content (AvgIpc) is 3.39. The van der Waals surface area contributed by atoms with Crippen molar-refractivity contribution in [2.75, 3.05) is 13.1 Å². The summed E-state index contributed by atoms with van der Waals surface area (Å²) in [6.07, 6.45) is 4.27. The van der Waals surface area contributed by atoms with Crippen LogP contribution >= 0.6 is 0 Å². The molecule has 8 nitrogen and oxygen atoms in total. The normalized spacial score (nSPS) is 21.6. The minimum atomic E-state index is -0.827. The summed E-state index contributed by atoms with van der Waals surface area (Å²) in [7, 11) is 0. The molecule has 0 aliphatic heterocycles. The number of rotatable bonds is 9. The van der Waals surface area contributed by atoms with Crippen molar-refractivity contribution >= 4 is 17.6 Å². The molecule has 8 heteroatoms. The Morgan fingerprint density at radius 3 is 2.59 bits per heavy atom. The van der Waals surface area contributed by atoms with Gasteiger partial charge in [0, 0.05) is 35.8 Å². The van der Waals surface area contributed by atoms with E-state index in [-0.39, 0.29) is 35.8 Å². The van der Waals surface area contributed by atoms with Crippen LogP contribution in [0.5, 0.6) is 0 Å². The maximum absolute atomic E-state index is 12.4. The number of hydrogen-bond acceptors (Lipinski definition) is 5. The Bertz CT molecular complexity index is 741. The Kier molecular flexibility index (Phi) is 5.74. The van der Waals surface area contributed by atoms with Crippen molar-refractivity contribution in [3.63, 3.8) is 0 Å². The Balaban J connectivity index is 1.56. The molecule has 2 N–H and O–H groups in total. The van der Waals surface area contributed by atoms with E-state index in [2.05, 4.69) is 5.32 Å². The number of nitro groups is 1. The molecule has 0 atom stereocenters. The van der Waals surface area contributed by atoms with Crippen LogP contribution in [0, 0.1) is 16.0 Å².